The van der Waals surface area contributed by atoms with Gasteiger partial charge in [0, 0.05) is 12.6 Å². The number of rotatable bonds is 6. The van der Waals surface area contributed by atoms with Crippen LogP contribution in [0.25, 0.3) is 0 Å². The maximum absolute atomic E-state index is 12.2. The lowest BCUT2D eigenvalue weighted by Gasteiger charge is -2.04. The molecule has 6 nitrogen and oxygen atoms in total. The maximum atomic E-state index is 12.2. The van der Waals surface area contributed by atoms with Gasteiger partial charge < -0.3 is 5.32 Å². The summed E-state index contributed by atoms with van der Waals surface area (Å²) in [5.41, 5.74) is 1.35. The molecule has 1 aliphatic carbocycles. The van der Waals surface area contributed by atoms with Gasteiger partial charge in [0.2, 0.25) is 0 Å². The summed E-state index contributed by atoms with van der Waals surface area (Å²) < 4.78 is 27.1. The highest BCUT2D eigenvalue weighted by Crippen LogP contribution is 2.24. The zero-order chi connectivity index (χ0) is 14.0. The topological polar surface area (TPSA) is 84.0 Å². The quantitative estimate of drug-likeness (QED) is 0.846. The predicted molar refractivity (Wildman–Crippen MR) is 77.0 cm³/mol. The van der Waals surface area contributed by atoms with Crippen molar-refractivity contribution in [2.45, 2.75) is 29.6 Å². The van der Waals surface area contributed by atoms with Crippen molar-refractivity contribution in [1.29, 1.82) is 0 Å². The number of hydrogen-bond acceptors (Lipinski definition) is 6. The largest absolute Gasteiger partial charge is 0.310 e. The van der Waals surface area contributed by atoms with Crippen LogP contribution in [0.5, 0.6) is 0 Å². The minimum Gasteiger partial charge on any atom is -0.310 e. The van der Waals surface area contributed by atoms with Gasteiger partial charge in [0.1, 0.15) is 10.5 Å². The third-order valence-electron chi connectivity index (χ3n) is 2.88. The van der Waals surface area contributed by atoms with Crippen molar-refractivity contribution in [2.75, 3.05) is 4.72 Å². The van der Waals surface area contributed by atoms with Crippen LogP contribution in [0.2, 0.25) is 0 Å². The van der Waals surface area contributed by atoms with E-state index in [-0.39, 0.29) is 0 Å². The Morgan fingerprint density at radius 1 is 1.30 bits per heavy atom. The second kappa shape index (κ2) is 5.47. The van der Waals surface area contributed by atoms with E-state index in [0.717, 1.165) is 5.56 Å². The van der Waals surface area contributed by atoms with Crippen molar-refractivity contribution in [3.8, 4) is 0 Å². The van der Waals surface area contributed by atoms with Crippen molar-refractivity contribution < 1.29 is 8.42 Å². The fourth-order valence-electron chi connectivity index (χ4n) is 1.69. The fourth-order valence-corrected chi connectivity index (χ4v) is 3.93. The first kappa shape index (κ1) is 13.5. The third kappa shape index (κ3) is 3.33. The van der Waals surface area contributed by atoms with E-state index in [2.05, 4.69) is 20.0 Å². The summed E-state index contributed by atoms with van der Waals surface area (Å²) in [4.78, 5) is 7.56. The van der Waals surface area contributed by atoms with Crippen LogP contribution in [0, 0.1) is 0 Å². The summed E-state index contributed by atoms with van der Waals surface area (Å²) in [5, 5.41) is 5.23. The van der Waals surface area contributed by atoms with Gasteiger partial charge in [-0.2, -0.15) is 0 Å². The molecule has 1 saturated carbocycles. The fraction of sp³-hybridized carbons (Fsp3) is 0.333. The highest BCUT2D eigenvalue weighted by Gasteiger charge is 2.21. The van der Waals surface area contributed by atoms with E-state index < -0.39 is 10.0 Å². The highest BCUT2D eigenvalue weighted by molar-refractivity contribution is 7.94. The van der Waals surface area contributed by atoms with Gasteiger partial charge >= 0.3 is 0 Å². The van der Waals surface area contributed by atoms with Crippen molar-refractivity contribution in [1.82, 2.24) is 15.3 Å². The van der Waals surface area contributed by atoms with E-state index >= 15 is 0 Å². The van der Waals surface area contributed by atoms with Gasteiger partial charge in [-0.25, -0.2) is 18.4 Å². The molecule has 1 fully saturated rings. The van der Waals surface area contributed by atoms with Gasteiger partial charge in [0.05, 0.1) is 18.1 Å². The van der Waals surface area contributed by atoms with Crippen LogP contribution in [-0.2, 0) is 16.6 Å². The van der Waals surface area contributed by atoms with Crippen LogP contribution in [0.3, 0.4) is 0 Å². The summed E-state index contributed by atoms with van der Waals surface area (Å²) in [7, 11) is -3.55. The molecule has 106 valence electrons. The van der Waals surface area contributed by atoms with Crippen molar-refractivity contribution in [3.05, 3.63) is 35.7 Å². The maximum Gasteiger partial charge on any atom is 0.271 e. The lowest BCUT2D eigenvalue weighted by atomic mass is 10.3. The number of nitrogens with one attached hydrogen (secondary N) is 2. The van der Waals surface area contributed by atoms with E-state index in [0.29, 0.717) is 22.5 Å². The zero-order valence-corrected chi connectivity index (χ0v) is 12.2. The van der Waals surface area contributed by atoms with Crippen molar-refractivity contribution >= 4 is 27.0 Å². The first-order valence-corrected chi connectivity index (χ1v) is 8.58. The zero-order valence-electron chi connectivity index (χ0n) is 10.6. The molecule has 0 aliphatic heterocycles. The first-order chi connectivity index (χ1) is 9.63. The molecule has 0 saturated heterocycles. The molecule has 0 unspecified atom stereocenters. The molecular weight excluding hydrogens is 296 g/mol. The highest BCUT2D eigenvalue weighted by atomic mass is 32.2. The third-order valence-corrected chi connectivity index (χ3v) is 5.75. The van der Waals surface area contributed by atoms with Gasteiger partial charge in [-0.1, -0.05) is 0 Å². The second-order valence-electron chi connectivity index (χ2n) is 4.66. The first-order valence-electron chi connectivity index (χ1n) is 6.22. The van der Waals surface area contributed by atoms with E-state index in [9.17, 15) is 8.42 Å². The summed E-state index contributed by atoms with van der Waals surface area (Å²) in [5.74, 6) is 0. The monoisotopic (exact) mass is 310 g/mol. The van der Waals surface area contributed by atoms with Gasteiger partial charge in [0.15, 0.2) is 0 Å². The van der Waals surface area contributed by atoms with Gasteiger partial charge in [-0.05, 0) is 29.9 Å². The number of hydrogen-bond donors (Lipinski definition) is 2. The number of sulfonamides is 1. The Balaban J connectivity index is 1.70. The van der Waals surface area contributed by atoms with Crippen LogP contribution < -0.4 is 10.0 Å². The van der Waals surface area contributed by atoms with E-state index in [1.807, 2.05) is 5.38 Å². The molecule has 20 heavy (non-hydrogen) atoms. The van der Waals surface area contributed by atoms with E-state index in [1.54, 1.807) is 6.07 Å². The average molecular weight is 310 g/mol. The summed E-state index contributed by atoms with van der Waals surface area (Å²) >= 11 is 1.22. The van der Waals surface area contributed by atoms with Crippen LogP contribution in [0.1, 0.15) is 18.4 Å². The molecule has 0 amide bonds. The summed E-state index contributed by atoms with van der Waals surface area (Å²) in [6.45, 7) is 0.713. The number of aromatic nitrogens is 2. The lowest BCUT2D eigenvalue weighted by molar-refractivity contribution is 0.603. The van der Waals surface area contributed by atoms with Gasteiger partial charge in [-0.15, -0.1) is 11.3 Å². The molecular formula is C12H14N4O2S2. The molecule has 2 N–H and O–H groups in total. The Labute approximate surface area is 121 Å². The van der Waals surface area contributed by atoms with Crippen LogP contribution >= 0.6 is 11.3 Å². The number of anilines is 1. The molecule has 1 aliphatic rings. The normalized spacial score (nSPS) is 15.2. The predicted octanol–water partition coefficient (Wildman–Crippen LogP) is 1.59. The Kier molecular flexibility index (Phi) is 3.68. The van der Waals surface area contributed by atoms with E-state index in [1.165, 1.54) is 42.9 Å². The molecule has 0 bridgehead atoms. The molecule has 2 heterocycles. The SMILES string of the molecule is O=S(=O)(Nc1cncnc1)c1cc(CNC2CC2)cs1. The molecule has 0 atom stereocenters. The van der Waals surface area contributed by atoms with Crippen molar-refractivity contribution in [3.63, 3.8) is 0 Å². The van der Waals surface area contributed by atoms with E-state index in [4.69, 9.17) is 0 Å². The van der Waals surface area contributed by atoms with Gasteiger partial charge in [-0.3, -0.25) is 4.72 Å². The average Bonchev–Trinajstić information content (AvgIpc) is 3.13. The molecule has 3 rings (SSSR count). The molecule has 8 heteroatoms. The Hall–Kier alpha value is -1.51. The molecule has 2 aromatic rings. The lowest BCUT2D eigenvalue weighted by Crippen LogP contribution is -2.15. The van der Waals surface area contributed by atoms with Crippen LogP contribution in [0.15, 0.2) is 34.4 Å². The van der Waals surface area contributed by atoms with Crippen LogP contribution in [0.4, 0.5) is 5.69 Å². The minimum atomic E-state index is -3.55. The van der Waals surface area contributed by atoms with Crippen molar-refractivity contribution in [2.24, 2.45) is 0 Å². The molecule has 0 spiro atoms. The second-order valence-corrected chi connectivity index (χ2v) is 7.48. The summed E-state index contributed by atoms with van der Waals surface area (Å²) in [6, 6.07) is 2.31. The standard InChI is InChI=1S/C12H14N4O2S2/c17-20(18,16-11-5-13-8-14-6-11)12-3-9(7-19-12)4-15-10-1-2-10/h3,5-8,10,15-16H,1-2,4H2. The number of thiophene rings is 1. The molecule has 0 radical (unpaired) electrons. The Morgan fingerprint density at radius 3 is 2.75 bits per heavy atom. The number of nitrogens with zero attached hydrogens (tertiary/aromatic N) is 2. The molecule has 0 aromatic carbocycles. The van der Waals surface area contributed by atoms with Crippen LogP contribution in [-0.4, -0.2) is 24.4 Å². The molecule has 2 aromatic heterocycles. The minimum absolute atomic E-state index is 0.300. The Bertz CT molecular complexity index is 680. The summed E-state index contributed by atoms with van der Waals surface area (Å²) in [6.07, 6.45) is 6.63. The van der Waals surface area contributed by atoms with Gasteiger partial charge in [0.25, 0.3) is 10.0 Å². The smallest absolute Gasteiger partial charge is 0.271 e. The Morgan fingerprint density at radius 2 is 2.05 bits per heavy atom.